The molecule has 5 nitrogen and oxygen atoms in total. The van der Waals surface area contributed by atoms with Crippen molar-refractivity contribution in [2.75, 3.05) is 6.61 Å². The van der Waals surface area contributed by atoms with Crippen LogP contribution in [0.15, 0.2) is 33.6 Å². The number of hydrogen-bond donors (Lipinski definition) is 1. The number of carbonyl (C=O) groups is 1. The molecule has 0 saturated heterocycles. The quantitative estimate of drug-likeness (QED) is 0.727. The van der Waals surface area contributed by atoms with Crippen LogP contribution >= 0.6 is 0 Å². The van der Waals surface area contributed by atoms with Gasteiger partial charge in [-0.15, -0.1) is 0 Å². The molecule has 2 heterocycles. The van der Waals surface area contributed by atoms with E-state index in [0.29, 0.717) is 27.6 Å². The molecule has 3 aromatic rings. The maximum absolute atomic E-state index is 12.5. The van der Waals surface area contributed by atoms with Crippen LogP contribution in [0.2, 0.25) is 0 Å². The summed E-state index contributed by atoms with van der Waals surface area (Å²) < 4.78 is 10.4. The molecule has 1 aromatic carbocycles. The number of fused-ring (bicyclic) bond motifs is 3. The molecule has 3 rings (SSSR count). The van der Waals surface area contributed by atoms with Crippen molar-refractivity contribution in [3.8, 4) is 0 Å². The van der Waals surface area contributed by atoms with Crippen LogP contribution in [0, 0.1) is 6.92 Å². The number of pyridine rings is 1. The number of ether oxygens (including phenoxy) is 1. The molecule has 0 saturated carbocycles. The van der Waals surface area contributed by atoms with E-state index in [-0.39, 0.29) is 17.6 Å². The van der Waals surface area contributed by atoms with Gasteiger partial charge < -0.3 is 14.1 Å². The minimum atomic E-state index is -0.618. The van der Waals surface area contributed by atoms with Gasteiger partial charge in [0.1, 0.15) is 16.9 Å². The van der Waals surface area contributed by atoms with Gasteiger partial charge in [-0.1, -0.05) is 0 Å². The van der Waals surface area contributed by atoms with Crippen LogP contribution in [0.5, 0.6) is 0 Å². The average Bonchev–Trinajstić information content (AvgIpc) is 2.79. The fourth-order valence-corrected chi connectivity index (χ4v) is 2.31. The van der Waals surface area contributed by atoms with Gasteiger partial charge in [0.15, 0.2) is 0 Å². The summed E-state index contributed by atoms with van der Waals surface area (Å²) in [6, 6.07) is 5.35. The second-order valence-corrected chi connectivity index (χ2v) is 4.51. The molecule has 0 spiro atoms. The van der Waals surface area contributed by atoms with Gasteiger partial charge in [0.05, 0.1) is 17.5 Å². The van der Waals surface area contributed by atoms with Gasteiger partial charge in [0.2, 0.25) is 5.43 Å². The Morgan fingerprint density at radius 2 is 2.20 bits per heavy atom. The first-order valence-electron chi connectivity index (χ1n) is 6.33. The first-order chi connectivity index (χ1) is 9.61. The van der Waals surface area contributed by atoms with E-state index in [4.69, 9.17) is 9.15 Å². The van der Waals surface area contributed by atoms with E-state index in [1.807, 2.05) is 6.92 Å². The normalized spacial score (nSPS) is 11.1. The Bertz CT molecular complexity index is 873. The highest BCUT2D eigenvalue weighted by Gasteiger charge is 2.16. The van der Waals surface area contributed by atoms with Crippen molar-refractivity contribution in [2.24, 2.45) is 0 Å². The molecule has 0 atom stereocenters. The first kappa shape index (κ1) is 12.5. The molecule has 0 aliphatic carbocycles. The van der Waals surface area contributed by atoms with Crippen LogP contribution in [0.3, 0.4) is 0 Å². The van der Waals surface area contributed by atoms with Gasteiger partial charge in [-0.25, -0.2) is 4.79 Å². The smallest absolute Gasteiger partial charge is 0.343 e. The van der Waals surface area contributed by atoms with Crippen molar-refractivity contribution < 1.29 is 13.9 Å². The van der Waals surface area contributed by atoms with Crippen molar-refractivity contribution in [1.29, 1.82) is 0 Å². The average molecular weight is 271 g/mol. The molecule has 1 N–H and O–H groups in total. The summed E-state index contributed by atoms with van der Waals surface area (Å²) in [6.07, 6.45) is 1.39. The molecule has 0 radical (unpaired) electrons. The van der Waals surface area contributed by atoms with Gasteiger partial charge in [-0.3, -0.25) is 4.79 Å². The fraction of sp³-hybridized carbons (Fsp3) is 0.200. The van der Waals surface area contributed by atoms with Crippen molar-refractivity contribution in [3.63, 3.8) is 0 Å². The Hall–Kier alpha value is -2.56. The summed E-state index contributed by atoms with van der Waals surface area (Å²) in [5.74, 6) is 0.0984. The number of rotatable bonds is 2. The fourth-order valence-electron chi connectivity index (χ4n) is 2.31. The molecular weight excluding hydrogens is 258 g/mol. The zero-order valence-corrected chi connectivity index (χ0v) is 11.1. The zero-order chi connectivity index (χ0) is 14.3. The summed E-state index contributed by atoms with van der Waals surface area (Å²) in [6.45, 7) is 3.74. The second-order valence-electron chi connectivity index (χ2n) is 4.51. The minimum absolute atomic E-state index is 0.00528. The van der Waals surface area contributed by atoms with Crippen LogP contribution in [0.1, 0.15) is 23.0 Å². The highest BCUT2D eigenvalue weighted by Crippen LogP contribution is 2.25. The van der Waals surface area contributed by atoms with Crippen molar-refractivity contribution in [3.05, 3.63) is 45.9 Å². The van der Waals surface area contributed by atoms with Gasteiger partial charge >= 0.3 is 5.97 Å². The minimum Gasteiger partial charge on any atom is -0.462 e. The number of carbonyl (C=O) groups excluding carboxylic acids is 1. The summed E-state index contributed by atoms with van der Waals surface area (Å²) in [5.41, 5.74) is 0.951. The standard InChI is InChI=1S/C15H13NO4/c1-3-19-15(18)10-7-16-11-4-5-12-9(6-8(2)20-12)13(11)14(10)17/h4-7H,3H2,1-2H3,(H,16,17). The molecule has 0 fully saturated rings. The highest BCUT2D eigenvalue weighted by molar-refractivity contribution is 6.06. The Balaban J connectivity index is 2.37. The van der Waals surface area contributed by atoms with E-state index in [2.05, 4.69) is 4.98 Å². The van der Waals surface area contributed by atoms with Gasteiger partial charge in [-0.05, 0) is 32.0 Å². The summed E-state index contributed by atoms with van der Waals surface area (Å²) in [7, 11) is 0. The molecule has 5 heteroatoms. The Labute approximate surface area is 114 Å². The predicted octanol–water partition coefficient (Wildman–Crippen LogP) is 2.76. The molecule has 20 heavy (non-hydrogen) atoms. The number of aromatic nitrogens is 1. The number of aryl methyl sites for hydroxylation is 1. The number of nitrogens with one attached hydrogen (secondary N) is 1. The van der Waals surface area contributed by atoms with E-state index in [1.54, 1.807) is 25.1 Å². The van der Waals surface area contributed by atoms with Gasteiger partial charge in [-0.2, -0.15) is 0 Å². The van der Waals surface area contributed by atoms with Crippen LogP contribution in [-0.4, -0.2) is 17.6 Å². The maximum atomic E-state index is 12.5. The van der Waals surface area contributed by atoms with Crippen LogP contribution in [0.4, 0.5) is 0 Å². The molecule has 0 bridgehead atoms. The molecule has 102 valence electrons. The molecular formula is C15H13NO4. The number of furan rings is 1. The summed E-state index contributed by atoms with van der Waals surface area (Å²) in [4.78, 5) is 27.2. The summed E-state index contributed by atoms with van der Waals surface area (Å²) >= 11 is 0. The molecule has 0 unspecified atom stereocenters. The monoisotopic (exact) mass is 271 g/mol. The number of hydrogen-bond acceptors (Lipinski definition) is 4. The van der Waals surface area contributed by atoms with Gasteiger partial charge in [0.25, 0.3) is 0 Å². The number of benzene rings is 1. The molecule has 0 amide bonds. The lowest BCUT2D eigenvalue weighted by Gasteiger charge is -2.03. The zero-order valence-electron chi connectivity index (χ0n) is 11.1. The largest absolute Gasteiger partial charge is 0.462 e. The van der Waals surface area contributed by atoms with Crippen molar-refractivity contribution in [1.82, 2.24) is 4.98 Å². The van der Waals surface area contributed by atoms with Crippen molar-refractivity contribution >= 4 is 27.8 Å². The predicted molar refractivity (Wildman–Crippen MR) is 75.0 cm³/mol. The Morgan fingerprint density at radius 1 is 1.40 bits per heavy atom. The Morgan fingerprint density at radius 3 is 2.95 bits per heavy atom. The topological polar surface area (TPSA) is 72.3 Å². The number of H-pyrrole nitrogens is 1. The molecule has 0 aliphatic rings. The van der Waals surface area contributed by atoms with Crippen LogP contribution in [0.25, 0.3) is 21.9 Å². The van der Waals surface area contributed by atoms with E-state index in [9.17, 15) is 9.59 Å². The first-order valence-corrected chi connectivity index (χ1v) is 6.33. The third-order valence-corrected chi connectivity index (χ3v) is 3.16. The van der Waals surface area contributed by atoms with Crippen LogP contribution < -0.4 is 5.43 Å². The molecule has 0 aliphatic heterocycles. The highest BCUT2D eigenvalue weighted by atomic mass is 16.5. The van der Waals surface area contributed by atoms with E-state index in [0.717, 1.165) is 0 Å². The third kappa shape index (κ3) is 1.79. The lowest BCUT2D eigenvalue weighted by atomic mass is 10.1. The maximum Gasteiger partial charge on any atom is 0.343 e. The van der Waals surface area contributed by atoms with Crippen molar-refractivity contribution in [2.45, 2.75) is 13.8 Å². The SMILES string of the molecule is CCOC(=O)c1c[nH]c2ccc3oc(C)cc3c2c1=O. The lowest BCUT2D eigenvalue weighted by molar-refractivity contribution is 0.0524. The second kappa shape index (κ2) is 4.52. The van der Waals surface area contributed by atoms with E-state index >= 15 is 0 Å². The van der Waals surface area contributed by atoms with E-state index < -0.39 is 5.97 Å². The third-order valence-electron chi connectivity index (χ3n) is 3.16. The number of aromatic amines is 1. The number of esters is 1. The Kier molecular flexibility index (Phi) is 2.82. The van der Waals surface area contributed by atoms with Gasteiger partial charge in [0, 0.05) is 11.6 Å². The van der Waals surface area contributed by atoms with E-state index in [1.165, 1.54) is 6.20 Å². The molecule has 2 aromatic heterocycles. The summed E-state index contributed by atoms with van der Waals surface area (Å²) in [5, 5.41) is 1.15. The lowest BCUT2D eigenvalue weighted by Crippen LogP contribution is -2.18. The van der Waals surface area contributed by atoms with Crippen LogP contribution in [-0.2, 0) is 4.74 Å².